The summed E-state index contributed by atoms with van der Waals surface area (Å²) in [6.07, 6.45) is 3.14. The fraction of sp³-hybridized carbons (Fsp3) is 0.500. The SMILES string of the molecule is CCCSCC(=O)NNC(=O)CN1CCCc2ccccc21. The lowest BCUT2D eigenvalue weighted by atomic mass is 10.0. The van der Waals surface area contributed by atoms with Crippen LogP contribution < -0.4 is 15.8 Å². The molecule has 0 aliphatic carbocycles. The van der Waals surface area contributed by atoms with E-state index in [9.17, 15) is 9.59 Å². The first kappa shape index (κ1) is 16.7. The maximum atomic E-state index is 12.0. The number of amides is 2. The highest BCUT2D eigenvalue weighted by atomic mass is 32.2. The predicted octanol–water partition coefficient (Wildman–Crippen LogP) is 1.73. The number of anilines is 1. The Hall–Kier alpha value is -1.69. The number of aryl methyl sites for hydroxylation is 1. The molecule has 0 saturated heterocycles. The molecule has 1 aromatic rings. The van der Waals surface area contributed by atoms with Crippen LogP contribution in [0.15, 0.2) is 24.3 Å². The van der Waals surface area contributed by atoms with Crippen LogP contribution in [0.25, 0.3) is 0 Å². The molecule has 2 amide bonds. The molecule has 6 heteroatoms. The molecular formula is C16H23N3O2S. The molecule has 0 radical (unpaired) electrons. The van der Waals surface area contributed by atoms with Crippen molar-refractivity contribution in [2.45, 2.75) is 26.2 Å². The van der Waals surface area contributed by atoms with Crippen LogP contribution in [0.3, 0.4) is 0 Å². The topological polar surface area (TPSA) is 61.4 Å². The quantitative estimate of drug-likeness (QED) is 0.619. The van der Waals surface area contributed by atoms with Crippen LogP contribution >= 0.6 is 11.8 Å². The van der Waals surface area contributed by atoms with Crippen molar-refractivity contribution in [2.24, 2.45) is 0 Å². The van der Waals surface area contributed by atoms with E-state index < -0.39 is 0 Å². The number of hydrogen-bond donors (Lipinski definition) is 2. The molecule has 0 unspecified atom stereocenters. The van der Waals surface area contributed by atoms with Crippen LogP contribution in [0.2, 0.25) is 0 Å². The van der Waals surface area contributed by atoms with Gasteiger partial charge in [-0.05, 0) is 36.6 Å². The molecule has 5 nitrogen and oxygen atoms in total. The van der Waals surface area contributed by atoms with Crippen molar-refractivity contribution in [3.05, 3.63) is 29.8 Å². The van der Waals surface area contributed by atoms with E-state index in [2.05, 4.69) is 28.7 Å². The highest BCUT2D eigenvalue weighted by Gasteiger charge is 2.18. The van der Waals surface area contributed by atoms with Gasteiger partial charge in [0.15, 0.2) is 0 Å². The van der Waals surface area contributed by atoms with Crippen molar-refractivity contribution in [1.29, 1.82) is 0 Å². The second kappa shape index (κ2) is 8.68. The summed E-state index contributed by atoms with van der Waals surface area (Å²) in [6, 6.07) is 8.16. The molecule has 0 spiro atoms. The number of para-hydroxylation sites is 1. The van der Waals surface area contributed by atoms with Gasteiger partial charge in [0.1, 0.15) is 0 Å². The van der Waals surface area contributed by atoms with Gasteiger partial charge in [-0.1, -0.05) is 25.1 Å². The van der Waals surface area contributed by atoms with E-state index in [4.69, 9.17) is 0 Å². The molecule has 1 aliphatic rings. The van der Waals surface area contributed by atoms with E-state index in [1.54, 1.807) is 11.8 Å². The average molecular weight is 321 g/mol. The molecule has 0 aromatic heterocycles. The Kier molecular flexibility index (Phi) is 6.58. The molecule has 0 atom stereocenters. The van der Waals surface area contributed by atoms with Gasteiger partial charge in [0.05, 0.1) is 12.3 Å². The van der Waals surface area contributed by atoms with Crippen molar-refractivity contribution >= 4 is 29.3 Å². The molecule has 1 aromatic carbocycles. The van der Waals surface area contributed by atoms with Gasteiger partial charge < -0.3 is 4.90 Å². The van der Waals surface area contributed by atoms with Gasteiger partial charge in [-0.3, -0.25) is 20.4 Å². The van der Waals surface area contributed by atoms with Crippen molar-refractivity contribution in [2.75, 3.05) is 29.5 Å². The zero-order valence-electron chi connectivity index (χ0n) is 12.9. The lowest BCUT2D eigenvalue weighted by Gasteiger charge is -2.30. The Morgan fingerprint density at radius 1 is 1.23 bits per heavy atom. The van der Waals surface area contributed by atoms with E-state index in [0.29, 0.717) is 5.75 Å². The molecule has 1 heterocycles. The molecule has 0 bridgehead atoms. The normalized spacial score (nSPS) is 13.4. The van der Waals surface area contributed by atoms with Gasteiger partial charge in [-0.15, -0.1) is 0 Å². The summed E-state index contributed by atoms with van der Waals surface area (Å²) in [6.45, 7) is 3.20. The number of thioether (sulfide) groups is 1. The molecular weight excluding hydrogens is 298 g/mol. The molecule has 1 aliphatic heterocycles. The Balaban J connectivity index is 1.77. The maximum Gasteiger partial charge on any atom is 0.257 e. The summed E-state index contributed by atoms with van der Waals surface area (Å²) in [4.78, 5) is 25.6. The summed E-state index contributed by atoms with van der Waals surface area (Å²) in [5, 5.41) is 0. The second-order valence-corrected chi connectivity index (χ2v) is 6.41. The molecule has 2 N–H and O–H groups in total. The highest BCUT2D eigenvalue weighted by molar-refractivity contribution is 7.99. The van der Waals surface area contributed by atoms with Gasteiger partial charge in [0.2, 0.25) is 5.91 Å². The van der Waals surface area contributed by atoms with Crippen LogP contribution in [-0.4, -0.2) is 36.4 Å². The Bertz CT molecular complexity index is 522. The van der Waals surface area contributed by atoms with Crippen molar-refractivity contribution in [3.8, 4) is 0 Å². The van der Waals surface area contributed by atoms with Crippen molar-refractivity contribution < 1.29 is 9.59 Å². The molecule has 0 saturated carbocycles. The Morgan fingerprint density at radius 2 is 2.00 bits per heavy atom. The van der Waals surface area contributed by atoms with Gasteiger partial charge in [-0.25, -0.2) is 0 Å². The minimum Gasteiger partial charge on any atom is -0.362 e. The Morgan fingerprint density at radius 3 is 2.82 bits per heavy atom. The van der Waals surface area contributed by atoms with Gasteiger partial charge in [0.25, 0.3) is 5.91 Å². The molecule has 22 heavy (non-hydrogen) atoms. The predicted molar refractivity (Wildman–Crippen MR) is 90.9 cm³/mol. The third-order valence-corrected chi connectivity index (χ3v) is 4.63. The lowest BCUT2D eigenvalue weighted by molar-refractivity contribution is -0.126. The van der Waals surface area contributed by atoms with Crippen molar-refractivity contribution in [3.63, 3.8) is 0 Å². The van der Waals surface area contributed by atoms with E-state index in [1.165, 1.54) is 5.56 Å². The van der Waals surface area contributed by atoms with Gasteiger partial charge >= 0.3 is 0 Å². The number of hydrazine groups is 1. The molecule has 2 rings (SSSR count). The van der Waals surface area contributed by atoms with E-state index in [-0.39, 0.29) is 18.4 Å². The second-order valence-electron chi connectivity index (χ2n) is 5.30. The summed E-state index contributed by atoms with van der Waals surface area (Å²) >= 11 is 1.57. The number of carbonyl (C=O) groups excluding carboxylic acids is 2. The first-order valence-electron chi connectivity index (χ1n) is 7.69. The fourth-order valence-corrected chi connectivity index (χ4v) is 3.16. The largest absolute Gasteiger partial charge is 0.362 e. The zero-order chi connectivity index (χ0) is 15.8. The maximum absolute atomic E-state index is 12.0. The standard InChI is InChI=1S/C16H23N3O2S/c1-2-10-22-12-16(21)18-17-15(20)11-19-9-5-7-13-6-3-4-8-14(13)19/h3-4,6,8H,2,5,7,9-12H2,1H3,(H,17,20)(H,18,21). The van der Waals surface area contributed by atoms with Crippen LogP contribution in [0.1, 0.15) is 25.3 Å². The van der Waals surface area contributed by atoms with E-state index in [1.807, 2.05) is 18.2 Å². The summed E-state index contributed by atoms with van der Waals surface area (Å²) in [7, 11) is 0. The van der Waals surface area contributed by atoms with Crippen molar-refractivity contribution in [1.82, 2.24) is 10.9 Å². The molecule has 120 valence electrons. The molecule has 0 fully saturated rings. The lowest BCUT2D eigenvalue weighted by Crippen LogP contribution is -2.47. The minimum absolute atomic E-state index is 0.161. The third-order valence-electron chi connectivity index (χ3n) is 3.46. The first-order chi connectivity index (χ1) is 10.7. The average Bonchev–Trinajstić information content (AvgIpc) is 2.54. The van der Waals surface area contributed by atoms with Crippen LogP contribution in [0.5, 0.6) is 0 Å². The number of nitrogens with one attached hydrogen (secondary N) is 2. The number of hydrogen-bond acceptors (Lipinski definition) is 4. The van der Waals surface area contributed by atoms with Crippen LogP contribution in [0, 0.1) is 0 Å². The smallest absolute Gasteiger partial charge is 0.257 e. The summed E-state index contributed by atoms with van der Waals surface area (Å²) in [5.74, 6) is 0.975. The fourth-order valence-electron chi connectivity index (χ4n) is 2.47. The summed E-state index contributed by atoms with van der Waals surface area (Å²) < 4.78 is 0. The van der Waals surface area contributed by atoms with Gasteiger partial charge in [0, 0.05) is 12.2 Å². The number of rotatable bonds is 6. The minimum atomic E-state index is -0.189. The Labute approximate surface area is 135 Å². The third kappa shape index (κ3) is 4.94. The number of fused-ring (bicyclic) bond motifs is 1. The number of carbonyl (C=O) groups is 2. The van der Waals surface area contributed by atoms with E-state index >= 15 is 0 Å². The van der Waals surface area contributed by atoms with Crippen LogP contribution in [0.4, 0.5) is 5.69 Å². The first-order valence-corrected chi connectivity index (χ1v) is 8.84. The van der Waals surface area contributed by atoms with Crippen LogP contribution in [-0.2, 0) is 16.0 Å². The zero-order valence-corrected chi connectivity index (χ0v) is 13.7. The summed E-state index contributed by atoms with van der Waals surface area (Å²) in [5.41, 5.74) is 7.36. The van der Waals surface area contributed by atoms with E-state index in [0.717, 1.165) is 37.2 Å². The highest BCUT2D eigenvalue weighted by Crippen LogP contribution is 2.26. The number of benzene rings is 1. The number of nitrogens with zero attached hydrogens (tertiary/aromatic N) is 1. The monoisotopic (exact) mass is 321 g/mol. The van der Waals surface area contributed by atoms with Gasteiger partial charge in [-0.2, -0.15) is 11.8 Å².